The number of hydrogen-bond donors (Lipinski definition) is 5. The van der Waals surface area contributed by atoms with Crippen LogP contribution in [0, 0.1) is 5.82 Å². The number of amides is 2. The summed E-state index contributed by atoms with van der Waals surface area (Å²) < 4.78 is 30.2. The number of methoxy groups -OCH3 is 1. The van der Waals surface area contributed by atoms with Crippen molar-refractivity contribution in [2.75, 3.05) is 26.6 Å². The SMILES string of the molecule is COC1CC(OCC(=O)NC23CCC(NC(=O)COc4ccc(Cl)c(F)c4)(CC2)C[C@@H]3O)NC(SC)N1. The minimum atomic E-state index is -0.818. The van der Waals surface area contributed by atoms with Crippen molar-refractivity contribution in [1.82, 2.24) is 21.3 Å². The van der Waals surface area contributed by atoms with E-state index < -0.39 is 23.0 Å². The van der Waals surface area contributed by atoms with Crippen LogP contribution in [0.25, 0.3) is 0 Å². The summed E-state index contributed by atoms with van der Waals surface area (Å²) in [6.07, 6.45) is 3.74. The third kappa shape index (κ3) is 6.86. The highest BCUT2D eigenvalue weighted by Gasteiger charge is 2.55. The van der Waals surface area contributed by atoms with E-state index in [2.05, 4.69) is 21.3 Å². The van der Waals surface area contributed by atoms with Crippen molar-refractivity contribution in [2.45, 2.75) is 73.7 Å². The van der Waals surface area contributed by atoms with Crippen molar-refractivity contribution in [2.24, 2.45) is 0 Å². The van der Waals surface area contributed by atoms with E-state index in [1.165, 1.54) is 12.1 Å². The van der Waals surface area contributed by atoms with Gasteiger partial charge in [-0.25, -0.2) is 4.39 Å². The molecule has 1 aromatic carbocycles. The molecule has 3 unspecified atom stereocenters. The quantitative estimate of drug-likeness (QED) is 0.289. The minimum Gasteiger partial charge on any atom is -0.484 e. The molecule has 3 aliphatic carbocycles. The lowest BCUT2D eigenvalue weighted by molar-refractivity contribution is -0.142. The summed E-state index contributed by atoms with van der Waals surface area (Å²) in [4.78, 5) is 25.3. The van der Waals surface area contributed by atoms with Crippen LogP contribution in [0.3, 0.4) is 0 Å². The van der Waals surface area contributed by atoms with Gasteiger partial charge in [-0.2, -0.15) is 0 Å². The maximum absolute atomic E-state index is 13.6. The molecule has 1 aromatic rings. The number of nitrogens with one attached hydrogen (secondary N) is 4. The van der Waals surface area contributed by atoms with Crippen LogP contribution in [0.1, 0.15) is 38.5 Å². The molecule has 206 valence electrons. The highest BCUT2D eigenvalue weighted by atomic mass is 35.5. The van der Waals surface area contributed by atoms with Crippen LogP contribution in [0.2, 0.25) is 5.02 Å². The van der Waals surface area contributed by atoms with Crippen molar-refractivity contribution >= 4 is 35.2 Å². The van der Waals surface area contributed by atoms with Gasteiger partial charge in [-0.1, -0.05) is 11.6 Å². The molecular formula is C24H34ClFN4O6S. The Kier molecular flexibility index (Phi) is 9.21. The summed E-state index contributed by atoms with van der Waals surface area (Å²) in [5.74, 6) is -1.08. The number of carbonyl (C=O) groups excluding carboxylic acids is 2. The Morgan fingerprint density at radius 3 is 2.51 bits per heavy atom. The molecule has 4 fully saturated rings. The van der Waals surface area contributed by atoms with Gasteiger partial charge in [0.2, 0.25) is 5.91 Å². The average molecular weight is 561 g/mol. The molecule has 0 radical (unpaired) electrons. The van der Waals surface area contributed by atoms with Gasteiger partial charge in [0.1, 0.15) is 36.1 Å². The van der Waals surface area contributed by atoms with Crippen molar-refractivity contribution < 1.29 is 33.3 Å². The van der Waals surface area contributed by atoms with E-state index in [4.69, 9.17) is 25.8 Å². The van der Waals surface area contributed by atoms with E-state index in [1.54, 1.807) is 18.9 Å². The number of rotatable bonds is 10. The fourth-order valence-electron chi connectivity index (χ4n) is 5.33. The Labute approximate surface area is 224 Å². The third-order valence-corrected chi connectivity index (χ3v) is 8.46. The Bertz CT molecular complexity index is 971. The van der Waals surface area contributed by atoms with Gasteiger partial charge in [-0.3, -0.25) is 20.2 Å². The minimum absolute atomic E-state index is 0.0249. The van der Waals surface area contributed by atoms with Crippen molar-refractivity contribution in [1.29, 1.82) is 0 Å². The predicted molar refractivity (Wildman–Crippen MR) is 136 cm³/mol. The summed E-state index contributed by atoms with van der Waals surface area (Å²) >= 11 is 7.24. The second kappa shape index (κ2) is 12.0. The molecule has 5 rings (SSSR count). The van der Waals surface area contributed by atoms with E-state index in [0.29, 0.717) is 38.5 Å². The van der Waals surface area contributed by atoms with Crippen LogP contribution in [-0.2, 0) is 19.1 Å². The fourth-order valence-corrected chi connectivity index (χ4v) is 6.03. The predicted octanol–water partition coefficient (Wildman–Crippen LogP) is 1.45. The molecule has 13 heteroatoms. The standard InChI is InChI=1S/C24H34ClFN4O6S/c1-34-20-10-21(28-22(27-20)37-2)36-13-19(33)30-24-7-5-23(6-8-24,11-17(24)31)29-18(32)12-35-14-3-4-15(25)16(26)9-14/h3-4,9,17,20-22,27-28,31H,5-8,10-13H2,1-2H3,(H,29,32)(H,30,33)/t17-,20?,21?,22?,23?,24?/m0/s1. The zero-order valence-electron chi connectivity index (χ0n) is 20.9. The number of hydrogen-bond acceptors (Lipinski definition) is 9. The van der Waals surface area contributed by atoms with Crippen LogP contribution in [-0.4, -0.2) is 78.6 Å². The normalized spacial score (nSPS) is 33.1. The van der Waals surface area contributed by atoms with E-state index in [1.807, 2.05) is 6.26 Å². The zero-order chi connectivity index (χ0) is 26.6. The molecule has 2 amide bonds. The van der Waals surface area contributed by atoms with Crippen molar-refractivity contribution in [3.8, 4) is 5.75 Å². The van der Waals surface area contributed by atoms with Gasteiger partial charge in [0.25, 0.3) is 5.91 Å². The number of benzene rings is 1. The number of halogens is 2. The molecule has 1 heterocycles. The molecule has 0 aromatic heterocycles. The first-order valence-electron chi connectivity index (χ1n) is 12.2. The van der Waals surface area contributed by atoms with Crippen molar-refractivity contribution in [3.63, 3.8) is 0 Å². The number of carbonyl (C=O) groups is 2. The maximum Gasteiger partial charge on any atom is 0.258 e. The molecule has 2 bridgehead atoms. The van der Waals surface area contributed by atoms with Crippen LogP contribution >= 0.6 is 23.4 Å². The lowest BCUT2D eigenvalue weighted by Gasteiger charge is -2.56. The molecule has 5 N–H and O–H groups in total. The molecule has 10 nitrogen and oxygen atoms in total. The Balaban J connectivity index is 1.24. The molecular weight excluding hydrogens is 527 g/mol. The lowest BCUT2D eigenvalue weighted by Crippen LogP contribution is -2.70. The maximum atomic E-state index is 13.6. The van der Waals surface area contributed by atoms with Gasteiger partial charge in [-0.05, 0) is 50.5 Å². The van der Waals surface area contributed by atoms with E-state index in [9.17, 15) is 19.1 Å². The first kappa shape index (κ1) is 28.3. The van der Waals surface area contributed by atoms with Gasteiger partial charge >= 0.3 is 0 Å². The average Bonchev–Trinajstić information content (AvgIpc) is 2.89. The number of fused-ring (bicyclic) bond motifs is 3. The van der Waals surface area contributed by atoms with Gasteiger partial charge in [-0.15, -0.1) is 11.8 Å². The topological polar surface area (TPSA) is 130 Å². The number of ether oxygens (including phenoxy) is 3. The van der Waals surface area contributed by atoms with Gasteiger partial charge in [0.05, 0.1) is 16.7 Å². The molecule has 4 atom stereocenters. The number of aliphatic hydroxyl groups excluding tert-OH is 1. The highest BCUT2D eigenvalue weighted by molar-refractivity contribution is 7.99. The summed E-state index contributed by atoms with van der Waals surface area (Å²) in [6, 6.07) is 3.97. The largest absolute Gasteiger partial charge is 0.484 e. The molecule has 1 aliphatic heterocycles. The summed E-state index contributed by atoms with van der Waals surface area (Å²) in [5, 5.41) is 23.5. The third-order valence-electron chi connectivity index (χ3n) is 7.41. The van der Waals surface area contributed by atoms with Crippen molar-refractivity contribution in [3.05, 3.63) is 29.0 Å². The smallest absolute Gasteiger partial charge is 0.258 e. The summed E-state index contributed by atoms with van der Waals surface area (Å²) in [7, 11) is 1.62. The summed E-state index contributed by atoms with van der Waals surface area (Å²) in [6.45, 7) is -0.432. The van der Waals surface area contributed by atoms with Gasteiger partial charge < -0.3 is 30.0 Å². The van der Waals surface area contributed by atoms with E-state index in [-0.39, 0.29) is 53.8 Å². The number of thioether (sulfide) groups is 1. The zero-order valence-corrected chi connectivity index (χ0v) is 22.4. The lowest BCUT2D eigenvalue weighted by atomic mass is 9.60. The van der Waals surface area contributed by atoms with Gasteiger partial charge in [0, 0.05) is 25.1 Å². The van der Waals surface area contributed by atoms with Gasteiger partial charge in [0.15, 0.2) is 6.61 Å². The van der Waals surface area contributed by atoms with Crippen LogP contribution in [0.15, 0.2) is 18.2 Å². The number of aliphatic hydroxyl groups is 1. The second-order valence-corrected chi connectivity index (χ2v) is 11.2. The Hall–Kier alpha value is -1.67. The Morgan fingerprint density at radius 2 is 1.86 bits per heavy atom. The second-order valence-electron chi connectivity index (χ2n) is 9.83. The molecule has 3 saturated carbocycles. The first-order valence-corrected chi connectivity index (χ1v) is 13.9. The molecule has 0 spiro atoms. The van der Waals surface area contributed by atoms with E-state index >= 15 is 0 Å². The van der Waals surface area contributed by atoms with Crippen LogP contribution < -0.4 is 26.0 Å². The first-order chi connectivity index (χ1) is 17.7. The fraction of sp³-hybridized carbons (Fsp3) is 0.667. The van der Waals surface area contributed by atoms with E-state index in [0.717, 1.165) is 6.07 Å². The molecule has 1 saturated heterocycles. The monoisotopic (exact) mass is 560 g/mol. The molecule has 4 aliphatic rings. The molecule has 37 heavy (non-hydrogen) atoms. The highest BCUT2D eigenvalue weighted by Crippen LogP contribution is 2.47. The van der Waals surface area contributed by atoms with Crippen LogP contribution in [0.4, 0.5) is 4.39 Å². The Morgan fingerprint density at radius 1 is 1.16 bits per heavy atom. The summed E-state index contributed by atoms with van der Waals surface area (Å²) in [5.41, 5.74) is -1.37. The van der Waals surface area contributed by atoms with Crippen LogP contribution in [0.5, 0.6) is 5.75 Å².